The lowest BCUT2D eigenvalue weighted by atomic mass is 10.1. The molecule has 0 heterocycles. The smallest absolute Gasteiger partial charge is 0.303 e. The summed E-state index contributed by atoms with van der Waals surface area (Å²) in [5, 5.41) is 8.62. The second-order valence-electron chi connectivity index (χ2n) is 4.36. The number of carboxylic acid groups (broad SMARTS) is 1. The fourth-order valence-corrected chi connectivity index (χ4v) is 4.10. The summed E-state index contributed by atoms with van der Waals surface area (Å²) in [5.41, 5.74) is 0. The highest BCUT2D eigenvalue weighted by atomic mass is 35.5. The van der Waals surface area contributed by atoms with Gasteiger partial charge in [-0.25, -0.2) is 13.1 Å². The maximum absolute atomic E-state index is 12.2. The number of hydrogen-bond acceptors (Lipinski definition) is 3. The predicted molar refractivity (Wildman–Crippen MR) is 77.7 cm³/mol. The first-order chi connectivity index (χ1) is 9.24. The number of benzene rings is 1. The Bertz CT molecular complexity index is 569. The Morgan fingerprint density at radius 1 is 1.35 bits per heavy atom. The minimum absolute atomic E-state index is 0.00107. The van der Waals surface area contributed by atoms with E-state index < -0.39 is 22.0 Å². The summed E-state index contributed by atoms with van der Waals surface area (Å²) < 4.78 is 26.8. The predicted octanol–water partition coefficient (Wildman–Crippen LogP) is 2.92. The van der Waals surface area contributed by atoms with Crippen LogP contribution in [0.15, 0.2) is 23.1 Å². The minimum atomic E-state index is -3.83. The fraction of sp³-hybridized carbons (Fsp3) is 0.417. The Morgan fingerprint density at radius 2 is 1.90 bits per heavy atom. The zero-order valence-electron chi connectivity index (χ0n) is 10.8. The third-order valence-electron chi connectivity index (χ3n) is 2.57. The van der Waals surface area contributed by atoms with Crippen molar-refractivity contribution in [2.24, 2.45) is 0 Å². The molecule has 0 fully saturated rings. The van der Waals surface area contributed by atoms with Gasteiger partial charge in [-0.2, -0.15) is 0 Å². The van der Waals surface area contributed by atoms with E-state index in [9.17, 15) is 13.2 Å². The van der Waals surface area contributed by atoms with Gasteiger partial charge < -0.3 is 5.11 Å². The third-order valence-corrected chi connectivity index (χ3v) is 5.12. The summed E-state index contributed by atoms with van der Waals surface area (Å²) in [5.74, 6) is -0.908. The van der Waals surface area contributed by atoms with E-state index in [0.29, 0.717) is 12.8 Å². The van der Waals surface area contributed by atoms with Gasteiger partial charge in [-0.15, -0.1) is 0 Å². The van der Waals surface area contributed by atoms with Crippen LogP contribution < -0.4 is 4.72 Å². The van der Waals surface area contributed by atoms with Gasteiger partial charge in [-0.3, -0.25) is 4.79 Å². The molecular formula is C12H15Cl2NO4S. The van der Waals surface area contributed by atoms with Crippen molar-refractivity contribution in [1.29, 1.82) is 0 Å². The molecule has 20 heavy (non-hydrogen) atoms. The molecule has 0 saturated carbocycles. The van der Waals surface area contributed by atoms with Crippen LogP contribution >= 0.6 is 23.2 Å². The van der Waals surface area contributed by atoms with Crippen molar-refractivity contribution in [3.63, 3.8) is 0 Å². The third kappa shape index (κ3) is 4.94. The molecule has 1 rings (SSSR count). The number of aliphatic carboxylic acids is 1. The molecule has 0 radical (unpaired) electrons. The highest BCUT2D eigenvalue weighted by Gasteiger charge is 2.23. The Hall–Kier alpha value is -0.820. The van der Waals surface area contributed by atoms with Crippen LogP contribution in [0.2, 0.25) is 10.0 Å². The zero-order chi connectivity index (χ0) is 15.3. The van der Waals surface area contributed by atoms with E-state index in [0.717, 1.165) is 0 Å². The SMILES string of the molecule is CC(CCCC(=O)O)NS(=O)(=O)c1c(Cl)cccc1Cl. The molecule has 2 N–H and O–H groups in total. The number of carbonyl (C=O) groups is 1. The number of halogens is 2. The van der Waals surface area contributed by atoms with E-state index in [1.807, 2.05) is 0 Å². The largest absolute Gasteiger partial charge is 0.481 e. The highest BCUT2D eigenvalue weighted by Crippen LogP contribution is 2.29. The summed E-state index contributed by atoms with van der Waals surface area (Å²) in [6, 6.07) is 4.03. The molecule has 112 valence electrons. The average Bonchev–Trinajstić information content (AvgIpc) is 2.26. The van der Waals surface area contributed by atoms with E-state index in [4.69, 9.17) is 28.3 Å². The number of sulfonamides is 1. The molecule has 5 nitrogen and oxygen atoms in total. The van der Waals surface area contributed by atoms with Gasteiger partial charge in [0.25, 0.3) is 0 Å². The van der Waals surface area contributed by atoms with Crippen molar-refractivity contribution in [3.05, 3.63) is 28.2 Å². The Balaban J connectivity index is 2.77. The molecule has 0 saturated heterocycles. The molecule has 0 aliphatic rings. The Kier molecular flexibility index (Phi) is 6.26. The van der Waals surface area contributed by atoms with E-state index >= 15 is 0 Å². The topological polar surface area (TPSA) is 83.5 Å². The molecule has 0 aromatic heterocycles. The van der Waals surface area contributed by atoms with Crippen LogP contribution in [0.5, 0.6) is 0 Å². The number of nitrogens with one attached hydrogen (secondary N) is 1. The first-order valence-corrected chi connectivity index (χ1v) is 8.16. The zero-order valence-corrected chi connectivity index (χ0v) is 13.1. The average molecular weight is 340 g/mol. The monoisotopic (exact) mass is 339 g/mol. The number of carboxylic acids is 1. The summed E-state index contributed by atoms with van der Waals surface area (Å²) in [6.07, 6.45) is 0.793. The molecule has 0 amide bonds. The Morgan fingerprint density at radius 3 is 2.40 bits per heavy atom. The van der Waals surface area contributed by atoms with Crippen LogP contribution in [-0.2, 0) is 14.8 Å². The van der Waals surface area contributed by atoms with Crippen molar-refractivity contribution >= 4 is 39.2 Å². The van der Waals surface area contributed by atoms with Crippen LogP contribution in [-0.4, -0.2) is 25.5 Å². The molecule has 1 atom stereocenters. The van der Waals surface area contributed by atoms with Gasteiger partial charge in [0, 0.05) is 12.5 Å². The van der Waals surface area contributed by atoms with Gasteiger partial charge in [0.1, 0.15) is 4.90 Å². The summed E-state index contributed by atoms with van der Waals surface area (Å²) in [4.78, 5) is 10.2. The lowest BCUT2D eigenvalue weighted by molar-refractivity contribution is -0.137. The molecule has 0 bridgehead atoms. The van der Waals surface area contributed by atoms with Gasteiger partial charge in [0.05, 0.1) is 10.0 Å². The van der Waals surface area contributed by atoms with Crippen LogP contribution in [0.3, 0.4) is 0 Å². The lowest BCUT2D eigenvalue weighted by Crippen LogP contribution is -2.33. The second kappa shape index (κ2) is 7.26. The molecule has 0 aliphatic heterocycles. The van der Waals surface area contributed by atoms with Gasteiger partial charge in [0.2, 0.25) is 10.0 Å². The van der Waals surface area contributed by atoms with Crippen molar-refractivity contribution in [2.75, 3.05) is 0 Å². The maximum Gasteiger partial charge on any atom is 0.303 e. The molecule has 1 aromatic carbocycles. The highest BCUT2D eigenvalue weighted by molar-refractivity contribution is 7.89. The fourth-order valence-electron chi connectivity index (χ4n) is 1.68. The molecule has 0 spiro atoms. The van der Waals surface area contributed by atoms with Crippen molar-refractivity contribution in [3.8, 4) is 0 Å². The van der Waals surface area contributed by atoms with Crippen LogP contribution in [0.1, 0.15) is 26.2 Å². The number of hydrogen-bond donors (Lipinski definition) is 2. The molecule has 1 aromatic rings. The van der Waals surface area contributed by atoms with Crippen molar-refractivity contribution < 1.29 is 18.3 Å². The molecular weight excluding hydrogens is 325 g/mol. The van der Waals surface area contributed by atoms with E-state index in [1.54, 1.807) is 13.0 Å². The van der Waals surface area contributed by atoms with Crippen molar-refractivity contribution in [2.45, 2.75) is 37.1 Å². The Labute approximate surface area is 127 Å². The minimum Gasteiger partial charge on any atom is -0.481 e. The van der Waals surface area contributed by atoms with E-state index in [-0.39, 0.29) is 21.4 Å². The summed E-state index contributed by atoms with van der Waals surface area (Å²) in [6.45, 7) is 1.66. The van der Waals surface area contributed by atoms with Crippen LogP contribution in [0.4, 0.5) is 0 Å². The normalized spacial score (nSPS) is 13.2. The number of rotatable bonds is 7. The van der Waals surface area contributed by atoms with Gasteiger partial charge in [-0.05, 0) is 31.9 Å². The summed E-state index contributed by atoms with van der Waals surface area (Å²) in [7, 11) is -3.83. The van der Waals surface area contributed by atoms with Crippen molar-refractivity contribution in [1.82, 2.24) is 4.72 Å². The van der Waals surface area contributed by atoms with E-state index in [1.165, 1.54) is 12.1 Å². The maximum atomic E-state index is 12.2. The standard InChI is InChI=1S/C12H15Cl2NO4S/c1-8(4-2-7-11(16)17)15-20(18,19)12-9(13)5-3-6-10(12)14/h3,5-6,8,15H,2,4,7H2,1H3,(H,16,17). The van der Waals surface area contributed by atoms with E-state index in [2.05, 4.69) is 4.72 Å². The quantitative estimate of drug-likeness (QED) is 0.799. The first-order valence-electron chi connectivity index (χ1n) is 5.92. The second-order valence-corrected chi connectivity index (χ2v) is 6.82. The van der Waals surface area contributed by atoms with Crippen LogP contribution in [0, 0.1) is 0 Å². The van der Waals surface area contributed by atoms with Gasteiger partial charge in [-0.1, -0.05) is 29.3 Å². The summed E-state index contributed by atoms with van der Waals surface area (Å²) >= 11 is 11.7. The molecule has 0 aliphatic carbocycles. The van der Waals surface area contributed by atoms with Crippen LogP contribution in [0.25, 0.3) is 0 Å². The lowest BCUT2D eigenvalue weighted by Gasteiger charge is -2.15. The first kappa shape index (κ1) is 17.2. The van der Waals surface area contributed by atoms with Gasteiger partial charge in [0.15, 0.2) is 0 Å². The molecule has 8 heteroatoms. The molecule has 1 unspecified atom stereocenters. The van der Waals surface area contributed by atoms with Gasteiger partial charge >= 0.3 is 5.97 Å².